The summed E-state index contributed by atoms with van der Waals surface area (Å²) in [4.78, 5) is 14.6. The number of nitrogens with two attached hydrogens (primary N) is 1. The topological polar surface area (TPSA) is 58.4 Å². The van der Waals surface area contributed by atoms with Crippen LogP contribution in [0.15, 0.2) is 30.3 Å². The second-order valence-electron chi connectivity index (χ2n) is 7.85. The van der Waals surface area contributed by atoms with E-state index < -0.39 is 0 Å². The summed E-state index contributed by atoms with van der Waals surface area (Å²) in [6.45, 7) is 3.87. The van der Waals surface area contributed by atoms with E-state index in [1.165, 1.54) is 37.7 Å². The van der Waals surface area contributed by atoms with Gasteiger partial charge in [0.15, 0.2) is 0 Å². The Morgan fingerprint density at radius 2 is 1.88 bits per heavy atom. The molecule has 1 aromatic rings. The van der Waals surface area contributed by atoms with Crippen LogP contribution in [0.25, 0.3) is 0 Å². The van der Waals surface area contributed by atoms with Crippen LogP contribution in [0.5, 0.6) is 0 Å². The minimum absolute atomic E-state index is 0.167. The quantitative estimate of drug-likeness (QED) is 0.800. The normalized spacial score (nSPS) is 25.2. The van der Waals surface area contributed by atoms with Gasteiger partial charge in [0.05, 0.1) is 6.54 Å². The highest BCUT2D eigenvalue weighted by atomic mass is 16.2. The van der Waals surface area contributed by atoms with Crippen molar-refractivity contribution >= 4 is 5.91 Å². The van der Waals surface area contributed by atoms with Gasteiger partial charge in [0.25, 0.3) is 0 Å². The van der Waals surface area contributed by atoms with Crippen molar-refractivity contribution in [2.75, 3.05) is 32.7 Å². The fourth-order valence-electron chi connectivity index (χ4n) is 4.56. The molecule has 0 radical (unpaired) electrons. The van der Waals surface area contributed by atoms with Crippen LogP contribution in [0, 0.1) is 11.8 Å². The third-order valence-corrected chi connectivity index (χ3v) is 6.01. The summed E-state index contributed by atoms with van der Waals surface area (Å²) < 4.78 is 0. The molecule has 3 rings (SSSR count). The van der Waals surface area contributed by atoms with Crippen molar-refractivity contribution in [3.05, 3.63) is 35.9 Å². The van der Waals surface area contributed by atoms with Crippen LogP contribution in [-0.4, -0.2) is 43.5 Å². The first-order valence-corrected chi connectivity index (χ1v) is 10.0. The zero-order valence-electron chi connectivity index (χ0n) is 15.3. The van der Waals surface area contributed by atoms with Crippen molar-refractivity contribution in [2.45, 2.75) is 44.4 Å². The maximum atomic E-state index is 12.3. The molecule has 1 saturated heterocycles. The molecule has 4 nitrogen and oxygen atoms in total. The molecule has 2 aliphatic rings. The molecular weight excluding hydrogens is 310 g/mol. The summed E-state index contributed by atoms with van der Waals surface area (Å²) in [6, 6.07) is 10.6. The maximum absolute atomic E-state index is 12.3. The Hall–Kier alpha value is -1.39. The summed E-state index contributed by atoms with van der Waals surface area (Å²) in [6.07, 6.45) is 7.96. The molecule has 3 N–H and O–H groups in total. The number of carbonyl (C=O) groups is 1. The standard InChI is InChI=1S/C21H33N3O/c22-13-19-14-24(15-20(19)18-9-5-2-6-10-18)16-21(25)23-12-11-17-7-3-1-4-8-17/h2,5-6,9-10,17,19-20H,1,3-4,7-8,11-16,22H2,(H,23,25)/t19-,20+/m1/s1. The lowest BCUT2D eigenvalue weighted by atomic mass is 9.87. The van der Waals surface area contributed by atoms with Crippen LogP contribution < -0.4 is 11.1 Å². The van der Waals surface area contributed by atoms with E-state index in [9.17, 15) is 4.79 Å². The SMILES string of the molecule is NC[C@@H]1CN(CC(=O)NCCC2CCCCC2)C[C@H]1c1ccccc1. The van der Waals surface area contributed by atoms with Crippen LogP contribution in [0.2, 0.25) is 0 Å². The third kappa shape index (κ3) is 5.29. The van der Waals surface area contributed by atoms with Gasteiger partial charge in [-0.1, -0.05) is 62.4 Å². The minimum Gasteiger partial charge on any atom is -0.355 e. The van der Waals surface area contributed by atoms with Crippen LogP contribution >= 0.6 is 0 Å². The zero-order valence-corrected chi connectivity index (χ0v) is 15.3. The van der Waals surface area contributed by atoms with E-state index in [-0.39, 0.29) is 5.91 Å². The molecule has 0 bridgehead atoms. The van der Waals surface area contributed by atoms with Gasteiger partial charge in [0.1, 0.15) is 0 Å². The van der Waals surface area contributed by atoms with Crippen LogP contribution in [0.1, 0.15) is 50.0 Å². The van der Waals surface area contributed by atoms with E-state index in [4.69, 9.17) is 5.73 Å². The highest BCUT2D eigenvalue weighted by Crippen LogP contribution is 2.31. The molecule has 4 heteroatoms. The van der Waals surface area contributed by atoms with Gasteiger partial charge in [-0.15, -0.1) is 0 Å². The Labute approximate surface area is 152 Å². The Morgan fingerprint density at radius 3 is 2.60 bits per heavy atom. The molecule has 1 aliphatic carbocycles. The van der Waals surface area contributed by atoms with Crippen LogP contribution in [-0.2, 0) is 4.79 Å². The summed E-state index contributed by atoms with van der Waals surface area (Å²) in [5.74, 6) is 1.88. The molecule has 25 heavy (non-hydrogen) atoms. The lowest BCUT2D eigenvalue weighted by Crippen LogP contribution is -2.37. The molecule has 1 aromatic carbocycles. The van der Waals surface area contributed by atoms with Crippen molar-refractivity contribution in [1.82, 2.24) is 10.2 Å². The molecule has 0 aromatic heterocycles. The number of rotatable bonds is 7. The Kier molecular flexibility index (Phi) is 6.88. The summed E-state index contributed by atoms with van der Waals surface area (Å²) in [7, 11) is 0. The molecule has 138 valence electrons. The average Bonchev–Trinajstić information content (AvgIpc) is 3.06. The highest BCUT2D eigenvalue weighted by molar-refractivity contribution is 5.78. The van der Waals surface area contributed by atoms with E-state index in [1.807, 2.05) is 6.07 Å². The lowest BCUT2D eigenvalue weighted by molar-refractivity contribution is -0.122. The number of hydrogen-bond donors (Lipinski definition) is 2. The minimum atomic E-state index is 0.167. The number of nitrogens with zero attached hydrogens (tertiary/aromatic N) is 1. The Bertz CT molecular complexity index is 527. The van der Waals surface area contributed by atoms with Crippen LogP contribution in [0.3, 0.4) is 0 Å². The first-order chi connectivity index (χ1) is 12.3. The molecule has 1 amide bonds. The van der Waals surface area contributed by atoms with E-state index in [0.717, 1.165) is 32.0 Å². The molecule has 2 fully saturated rings. The molecule has 0 unspecified atom stereocenters. The van der Waals surface area contributed by atoms with Gasteiger partial charge in [0.2, 0.25) is 5.91 Å². The largest absolute Gasteiger partial charge is 0.355 e. The zero-order chi connectivity index (χ0) is 17.5. The Balaban J connectivity index is 1.42. The smallest absolute Gasteiger partial charge is 0.234 e. The number of nitrogens with one attached hydrogen (secondary N) is 1. The fourth-order valence-corrected chi connectivity index (χ4v) is 4.56. The third-order valence-electron chi connectivity index (χ3n) is 6.01. The number of likely N-dealkylation sites (tertiary alicyclic amines) is 1. The number of benzene rings is 1. The van der Waals surface area contributed by atoms with Gasteiger partial charge >= 0.3 is 0 Å². The Morgan fingerprint density at radius 1 is 1.12 bits per heavy atom. The molecular formula is C21H33N3O. The summed E-state index contributed by atoms with van der Waals surface area (Å²) >= 11 is 0. The van der Waals surface area contributed by atoms with Crippen molar-refractivity contribution in [1.29, 1.82) is 0 Å². The van der Waals surface area contributed by atoms with Crippen molar-refractivity contribution in [3.8, 4) is 0 Å². The second-order valence-corrected chi connectivity index (χ2v) is 7.85. The van der Waals surface area contributed by atoms with E-state index in [1.54, 1.807) is 0 Å². The van der Waals surface area contributed by atoms with Crippen molar-refractivity contribution < 1.29 is 4.79 Å². The van der Waals surface area contributed by atoms with Gasteiger partial charge in [-0.25, -0.2) is 0 Å². The van der Waals surface area contributed by atoms with Gasteiger partial charge in [-0.2, -0.15) is 0 Å². The number of carbonyl (C=O) groups excluding carboxylic acids is 1. The van der Waals surface area contributed by atoms with Crippen molar-refractivity contribution in [3.63, 3.8) is 0 Å². The monoisotopic (exact) mass is 343 g/mol. The average molecular weight is 344 g/mol. The van der Waals surface area contributed by atoms with E-state index in [2.05, 4.69) is 34.5 Å². The van der Waals surface area contributed by atoms with Gasteiger partial charge in [0, 0.05) is 25.6 Å². The second kappa shape index (κ2) is 9.35. The maximum Gasteiger partial charge on any atom is 0.234 e. The molecule has 1 saturated carbocycles. The number of hydrogen-bond acceptors (Lipinski definition) is 3. The molecule has 1 aliphatic heterocycles. The number of amides is 1. The van der Waals surface area contributed by atoms with Gasteiger partial charge < -0.3 is 11.1 Å². The highest BCUT2D eigenvalue weighted by Gasteiger charge is 2.33. The van der Waals surface area contributed by atoms with Crippen LogP contribution in [0.4, 0.5) is 0 Å². The molecule has 2 atom stereocenters. The lowest BCUT2D eigenvalue weighted by Gasteiger charge is -2.22. The summed E-state index contributed by atoms with van der Waals surface area (Å²) in [5, 5.41) is 3.13. The van der Waals surface area contributed by atoms with Crippen molar-refractivity contribution in [2.24, 2.45) is 17.6 Å². The van der Waals surface area contributed by atoms with Gasteiger partial charge in [-0.05, 0) is 30.4 Å². The first-order valence-electron chi connectivity index (χ1n) is 10.0. The predicted molar refractivity (Wildman–Crippen MR) is 102 cm³/mol. The molecule has 1 heterocycles. The molecule has 0 spiro atoms. The predicted octanol–water partition coefficient (Wildman–Crippen LogP) is 2.75. The van der Waals surface area contributed by atoms with E-state index in [0.29, 0.717) is 24.9 Å². The fraction of sp³-hybridized carbons (Fsp3) is 0.667. The van der Waals surface area contributed by atoms with Gasteiger partial charge in [-0.3, -0.25) is 9.69 Å². The summed E-state index contributed by atoms with van der Waals surface area (Å²) in [5.41, 5.74) is 7.34. The van der Waals surface area contributed by atoms with E-state index >= 15 is 0 Å². The first kappa shape index (κ1) is 18.4.